The molecule has 1 heterocycles. The average Bonchev–Trinajstić information content (AvgIpc) is 3.00. The summed E-state index contributed by atoms with van der Waals surface area (Å²) in [6.45, 7) is 8.47. The van der Waals surface area contributed by atoms with Gasteiger partial charge in [-0.05, 0) is 92.5 Å². The van der Waals surface area contributed by atoms with Crippen LogP contribution in [-0.4, -0.2) is 53.0 Å². The SMILES string of the molecule is CC/N=c1/ccc2c(-c3ccc(NC(=S)Nc4cccc(B(O)O)c4)cc3C(=O)O)c3ccc(N(CC)CC)cc3oc-2c1. The summed E-state index contributed by atoms with van der Waals surface area (Å²) in [5.41, 5.74) is 5.14. The first-order valence-electron chi connectivity index (χ1n) is 14.4. The molecule has 0 aromatic heterocycles. The van der Waals surface area contributed by atoms with Gasteiger partial charge in [0.25, 0.3) is 0 Å². The van der Waals surface area contributed by atoms with Crippen molar-refractivity contribution in [1.29, 1.82) is 0 Å². The molecular formula is C33H33BN4O5S. The van der Waals surface area contributed by atoms with E-state index in [2.05, 4.69) is 34.4 Å². The lowest BCUT2D eigenvalue weighted by molar-refractivity contribution is 0.0697. The molecule has 0 saturated carbocycles. The molecule has 0 unspecified atom stereocenters. The molecule has 0 spiro atoms. The first-order chi connectivity index (χ1) is 21.2. The molecule has 0 atom stereocenters. The fraction of sp³-hybridized carbons (Fsp3) is 0.182. The molecule has 0 fully saturated rings. The second-order valence-corrected chi connectivity index (χ2v) is 10.5. The van der Waals surface area contributed by atoms with Crippen molar-refractivity contribution in [2.45, 2.75) is 20.8 Å². The summed E-state index contributed by atoms with van der Waals surface area (Å²) in [4.78, 5) is 19.4. The van der Waals surface area contributed by atoms with E-state index in [1.807, 2.05) is 43.3 Å². The van der Waals surface area contributed by atoms with Gasteiger partial charge in [-0.2, -0.15) is 0 Å². The molecule has 224 valence electrons. The highest BCUT2D eigenvalue weighted by atomic mass is 32.1. The maximum absolute atomic E-state index is 12.7. The second kappa shape index (κ2) is 13.3. The van der Waals surface area contributed by atoms with Gasteiger partial charge in [0.1, 0.15) is 11.3 Å². The number of carboxylic acids is 1. The summed E-state index contributed by atoms with van der Waals surface area (Å²) < 4.78 is 6.43. The number of carboxylic acid groups (broad SMARTS) is 1. The molecule has 1 aliphatic heterocycles. The molecular weight excluding hydrogens is 575 g/mol. The van der Waals surface area contributed by atoms with E-state index in [4.69, 9.17) is 16.6 Å². The van der Waals surface area contributed by atoms with E-state index in [0.29, 0.717) is 40.3 Å². The third kappa shape index (κ3) is 6.45. The molecule has 9 nitrogen and oxygen atoms in total. The lowest BCUT2D eigenvalue weighted by Gasteiger charge is -2.23. The van der Waals surface area contributed by atoms with Gasteiger partial charge in [0.15, 0.2) is 5.11 Å². The van der Waals surface area contributed by atoms with E-state index in [-0.39, 0.29) is 10.7 Å². The second-order valence-electron chi connectivity index (χ2n) is 10.1. The first kappa shape index (κ1) is 30.7. The standard InChI is InChI=1S/C33H33BN4O5S/c1-4-35-21-10-14-26-29(18-21)43-30-19-24(38(5-2)6-3)12-15-27(30)31(26)25-13-11-23(17-28(25)32(39)40)37-33(44)36-22-9-7-8-20(16-22)34(41)42/h7-19,41-42H,4-6H2,1-3H3,(H,39,40)(H2,36,37,44)/b35-21-. The van der Waals surface area contributed by atoms with Crippen molar-refractivity contribution in [2.24, 2.45) is 4.99 Å². The van der Waals surface area contributed by atoms with Crippen molar-refractivity contribution in [1.82, 2.24) is 0 Å². The molecule has 44 heavy (non-hydrogen) atoms. The Balaban J connectivity index is 1.61. The van der Waals surface area contributed by atoms with Crippen molar-refractivity contribution in [3.05, 3.63) is 89.8 Å². The molecule has 0 amide bonds. The van der Waals surface area contributed by atoms with Gasteiger partial charge in [0.05, 0.1) is 10.9 Å². The van der Waals surface area contributed by atoms with E-state index in [1.165, 1.54) is 0 Å². The number of anilines is 3. The monoisotopic (exact) mass is 608 g/mol. The highest BCUT2D eigenvalue weighted by Gasteiger charge is 2.23. The molecule has 2 aliphatic rings. The van der Waals surface area contributed by atoms with Gasteiger partial charge in [-0.15, -0.1) is 0 Å². The zero-order valence-corrected chi connectivity index (χ0v) is 25.5. The Hall–Kier alpha value is -4.71. The van der Waals surface area contributed by atoms with Crippen molar-refractivity contribution in [3.8, 4) is 22.5 Å². The Kier molecular flexibility index (Phi) is 9.29. The van der Waals surface area contributed by atoms with Crippen LogP contribution < -0.4 is 26.4 Å². The topological polar surface area (TPSA) is 131 Å². The van der Waals surface area contributed by atoms with Crippen LogP contribution >= 0.6 is 12.2 Å². The van der Waals surface area contributed by atoms with Crippen LogP contribution in [0.1, 0.15) is 31.1 Å². The molecule has 3 aromatic rings. The number of hydrogen-bond acceptors (Lipinski definition) is 7. The number of hydrogen-bond donors (Lipinski definition) is 5. The molecule has 0 bridgehead atoms. The van der Waals surface area contributed by atoms with E-state index in [0.717, 1.165) is 40.6 Å². The fourth-order valence-electron chi connectivity index (χ4n) is 5.31. The van der Waals surface area contributed by atoms with E-state index in [1.54, 1.807) is 42.5 Å². The maximum Gasteiger partial charge on any atom is 0.488 e. The van der Waals surface area contributed by atoms with Gasteiger partial charge in [0.2, 0.25) is 0 Å². The van der Waals surface area contributed by atoms with Crippen molar-refractivity contribution in [3.63, 3.8) is 0 Å². The maximum atomic E-state index is 12.7. The van der Waals surface area contributed by atoms with E-state index >= 15 is 0 Å². The Bertz CT molecular complexity index is 1890. The zero-order valence-electron chi connectivity index (χ0n) is 24.7. The van der Waals surface area contributed by atoms with Gasteiger partial charge in [0, 0.05) is 65.3 Å². The van der Waals surface area contributed by atoms with E-state index in [9.17, 15) is 19.9 Å². The number of carbonyl (C=O) groups is 1. The number of nitrogens with zero attached hydrogens (tertiary/aromatic N) is 2. The lowest BCUT2D eigenvalue weighted by Crippen LogP contribution is -2.30. The highest BCUT2D eigenvalue weighted by Crippen LogP contribution is 2.42. The van der Waals surface area contributed by atoms with Crippen LogP contribution in [0.4, 0.5) is 17.1 Å². The third-order valence-corrected chi connectivity index (χ3v) is 7.58. The predicted molar refractivity (Wildman–Crippen MR) is 181 cm³/mol. The zero-order chi connectivity index (χ0) is 31.4. The van der Waals surface area contributed by atoms with Gasteiger partial charge in [-0.1, -0.05) is 18.2 Å². The highest BCUT2D eigenvalue weighted by molar-refractivity contribution is 7.80. The minimum atomic E-state index is -1.61. The number of nitrogens with one attached hydrogen (secondary N) is 2. The number of aromatic carboxylic acids is 1. The van der Waals surface area contributed by atoms with Gasteiger partial charge in [-0.25, -0.2) is 4.79 Å². The number of thiocarbonyl (C=S) groups is 1. The van der Waals surface area contributed by atoms with E-state index < -0.39 is 13.1 Å². The van der Waals surface area contributed by atoms with Crippen LogP contribution in [0.15, 0.2) is 88.3 Å². The minimum Gasteiger partial charge on any atom is -0.478 e. The van der Waals surface area contributed by atoms with Crippen molar-refractivity contribution >= 4 is 63.9 Å². The fourth-order valence-corrected chi connectivity index (χ4v) is 5.55. The summed E-state index contributed by atoms with van der Waals surface area (Å²) in [5.74, 6) is -0.482. The van der Waals surface area contributed by atoms with Gasteiger partial charge in [-0.3, -0.25) is 4.99 Å². The Morgan fingerprint density at radius 2 is 1.64 bits per heavy atom. The Labute approximate surface area is 261 Å². The quantitative estimate of drug-likeness (QED) is 0.0876. The molecule has 1 aliphatic carbocycles. The number of rotatable bonds is 9. The smallest absolute Gasteiger partial charge is 0.478 e. The van der Waals surface area contributed by atoms with Gasteiger partial charge < -0.3 is 35.1 Å². The lowest BCUT2D eigenvalue weighted by atomic mass is 9.80. The normalized spacial score (nSPS) is 11.5. The van der Waals surface area contributed by atoms with Crippen LogP contribution in [0.3, 0.4) is 0 Å². The predicted octanol–water partition coefficient (Wildman–Crippen LogP) is 5.16. The first-order valence-corrected chi connectivity index (χ1v) is 14.8. The molecule has 3 aromatic carbocycles. The molecule has 5 N–H and O–H groups in total. The Morgan fingerprint density at radius 3 is 2.32 bits per heavy atom. The number of fused-ring (bicyclic) bond motifs is 2. The van der Waals surface area contributed by atoms with Gasteiger partial charge >= 0.3 is 13.1 Å². The molecule has 0 radical (unpaired) electrons. The van der Waals surface area contributed by atoms with Crippen molar-refractivity contribution in [2.75, 3.05) is 35.2 Å². The Morgan fingerprint density at radius 1 is 0.909 bits per heavy atom. The van der Waals surface area contributed by atoms with Crippen LogP contribution in [0.5, 0.6) is 0 Å². The molecule has 0 saturated heterocycles. The molecule has 11 heteroatoms. The van der Waals surface area contributed by atoms with Crippen LogP contribution in [0.2, 0.25) is 0 Å². The summed E-state index contributed by atoms with van der Waals surface area (Å²) in [6.07, 6.45) is 0. The average molecular weight is 609 g/mol. The van der Waals surface area contributed by atoms with Crippen LogP contribution in [0, 0.1) is 0 Å². The summed E-state index contributed by atoms with van der Waals surface area (Å²) in [5, 5.41) is 37.1. The largest absolute Gasteiger partial charge is 0.488 e. The third-order valence-electron chi connectivity index (χ3n) is 7.38. The molecule has 5 rings (SSSR count). The van der Waals surface area contributed by atoms with Crippen molar-refractivity contribution < 1.29 is 24.4 Å². The summed E-state index contributed by atoms with van der Waals surface area (Å²) >= 11 is 5.46. The summed E-state index contributed by atoms with van der Waals surface area (Å²) in [7, 11) is -1.61. The minimum absolute atomic E-state index is 0.0899. The number of benzene rings is 4. The van der Waals surface area contributed by atoms with Crippen LogP contribution in [-0.2, 0) is 0 Å². The summed E-state index contributed by atoms with van der Waals surface area (Å²) in [6, 6.07) is 23.4. The van der Waals surface area contributed by atoms with Crippen LogP contribution in [0.25, 0.3) is 33.4 Å².